The van der Waals surface area contributed by atoms with Crippen LogP contribution >= 0.6 is 0 Å². The molecule has 0 aromatic heterocycles. The number of ether oxygens (including phenoxy) is 1. The highest BCUT2D eigenvalue weighted by Gasteiger charge is 2.00. The first-order valence-corrected chi connectivity index (χ1v) is 4.19. The third-order valence-corrected chi connectivity index (χ3v) is 1.38. The predicted octanol–water partition coefficient (Wildman–Crippen LogP) is 1.41. The molecule has 0 amide bonds. The van der Waals surface area contributed by atoms with Crippen LogP contribution in [0.25, 0.3) is 0 Å². The highest BCUT2D eigenvalue weighted by atomic mass is 16.5. The van der Waals surface area contributed by atoms with Crippen molar-refractivity contribution in [1.82, 2.24) is 4.90 Å². The van der Waals surface area contributed by atoms with Gasteiger partial charge in [-0.25, -0.2) is 0 Å². The fourth-order valence-electron chi connectivity index (χ4n) is 0.835. The van der Waals surface area contributed by atoms with Gasteiger partial charge in [-0.2, -0.15) is 0 Å². The zero-order chi connectivity index (χ0) is 9.56. The van der Waals surface area contributed by atoms with E-state index in [1.165, 1.54) is 0 Å². The van der Waals surface area contributed by atoms with Crippen LogP contribution in [0.2, 0.25) is 0 Å². The van der Waals surface area contributed by atoms with Crippen molar-refractivity contribution in [2.24, 2.45) is 0 Å². The monoisotopic (exact) mass is 173 g/mol. The molecule has 0 bridgehead atoms. The summed E-state index contributed by atoms with van der Waals surface area (Å²) in [5.41, 5.74) is 0. The number of likely N-dealkylation sites (N-methyl/N-ethyl adjacent to an activating group) is 1. The topological polar surface area (TPSA) is 32.7 Å². The van der Waals surface area contributed by atoms with Crippen LogP contribution in [0, 0.1) is 0 Å². The Hall–Kier alpha value is -0.540. The Morgan fingerprint density at radius 3 is 2.58 bits per heavy atom. The molecule has 0 aliphatic rings. The molecule has 0 fully saturated rings. The zero-order valence-corrected chi connectivity index (χ0v) is 8.21. The number of aliphatic hydroxyl groups is 1. The fraction of sp³-hybridized carbons (Fsp3) is 0.778. The third kappa shape index (κ3) is 7.57. The fourth-order valence-corrected chi connectivity index (χ4v) is 0.835. The average Bonchev–Trinajstić information content (AvgIpc) is 1.84. The van der Waals surface area contributed by atoms with Gasteiger partial charge in [0.1, 0.15) is 0 Å². The Kier molecular flexibility index (Phi) is 5.76. The summed E-state index contributed by atoms with van der Waals surface area (Å²) >= 11 is 0. The van der Waals surface area contributed by atoms with Crippen LogP contribution in [0.4, 0.5) is 0 Å². The van der Waals surface area contributed by atoms with Crippen molar-refractivity contribution < 1.29 is 9.84 Å². The Labute approximate surface area is 74.6 Å². The van der Waals surface area contributed by atoms with Gasteiger partial charge in [0, 0.05) is 6.54 Å². The lowest BCUT2D eigenvalue weighted by Crippen LogP contribution is -2.26. The molecule has 0 saturated heterocycles. The number of hydrogen-bond acceptors (Lipinski definition) is 3. The molecule has 0 aromatic carbocycles. The summed E-state index contributed by atoms with van der Waals surface area (Å²) in [6, 6.07) is 0. The number of nitrogens with zero attached hydrogens (tertiary/aromatic N) is 1. The maximum Gasteiger partial charge on any atom is 0.0991 e. The van der Waals surface area contributed by atoms with Crippen LogP contribution < -0.4 is 0 Å². The van der Waals surface area contributed by atoms with Crippen molar-refractivity contribution in [3.63, 3.8) is 0 Å². The lowest BCUT2D eigenvalue weighted by molar-refractivity contribution is 0.0639. The molecule has 72 valence electrons. The Balaban J connectivity index is 3.31. The van der Waals surface area contributed by atoms with Gasteiger partial charge in [-0.3, -0.25) is 4.90 Å². The number of hydrogen-bond donors (Lipinski definition) is 1. The van der Waals surface area contributed by atoms with E-state index < -0.39 is 0 Å². The molecule has 0 unspecified atom stereocenters. The van der Waals surface area contributed by atoms with Crippen molar-refractivity contribution in [3.8, 4) is 0 Å². The lowest BCUT2D eigenvalue weighted by Gasteiger charge is -2.16. The van der Waals surface area contributed by atoms with Crippen LogP contribution in [0.3, 0.4) is 0 Å². The maximum absolute atomic E-state index is 8.85. The van der Waals surface area contributed by atoms with Crippen molar-refractivity contribution in [3.05, 3.63) is 12.3 Å². The molecule has 0 radical (unpaired) electrons. The Morgan fingerprint density at radius 1 is 1.58 bits per heavy atom. The molecular weight excluding hydrogens is 154 g/mol. The van der Waals surface area contributed by atoms with Gasteiger partial charge < -0.3 is 9.84 Å². The summed E-state index contributed by atoms with van der Waals surface area (Å²) in [4.78, 5) is 1.96. The minimum absolute atomic E-state index is 0.196. The molecule has 0 aliphatic heterocycles. The number of aliphatic hydroxyl groups excluding tert-OH is 1. The summed E-state index contributed by atoms with van der Waals surface area (Å²) in [6.07, 6.45) is 0.274. The van der Waals surface area contributed by atoms with Crippen LogP contribution in [-0.4, -0.2) is 42.9 Å². The van der Waals surface area contributed by atoms with Gasteiger partial charge in [0.15, 0.2) is 0 Å². The number of rotatable bonds is 6. The second kappa shape index (κ2) is 6.03. The van der Waals surface area contributed by atoms with Gasteiger partial charge in [0.2, 0.25) is 0 Å². The second-order valence-corrected chi connectivity index (χ2v) is 3.22. The quantitative estimate of drug-likeness (QED) is 0.616. The molecule has 3 heteroatoms. The highest BCUT2D eigenvalue weighted by Crippen LogP contribution is 1.91. The minimum Gasteiger partial charge on any atom is -0.512 e. The molecule has 0 atom stereocenters. The van der Waals surface area contributed by atoms with E-state index in [1.54, 1.807) is 0 Å². The van der Waals surface area contributed by atoms with Gasteiger partial charge in [0.05, 0.1) is 25.0 Å². The molecule has 0 aromatic rings. The lowest BCUT2D eigenvalue weighted by atomic mass is 10.4. The van der Waals surface area contributed by atoms with E-state index in [1.807, 2.05) is 25.8 Å². The molecular formula is C9H19NO2. The van der Waals surface area contributed by atoms with Gasteiger partial charge in [-0.05, 0) is 20.9 Å². The van der Waals surface area contributed by atoms with Gasteiger partial charge in [-0.15, -0.1) is 0 Å². The predicted molar refractivity (Wildman–Crippen MR) is 50.4 cm³/mol. The average molecular weight is 173 g/mol. The molecule has 3 nitrogen and oxygen atoms in total. The first-order chi connectivity index (χ1) is 5.52. The van der Waals surface area contributed by atoms with Gasteiger partial charge in [-0.1, -0.05) is 6.58 Å². The first-order valence-electron chi connectivity index (χ1n) is 4.19. The van der Waals surface area contributed by atoms with E-state index in [9.17, 15) is 0 Å². The second-order valence-electron chi connectivity index (χ2n) is 3.22. The molecule has 0 heterocycles. The summed E-state index contributed by atoms with van der Waals surface area (Å²) in [5, 5.41) is 8.85. The maximum atomic E-state index is 8.85. The van der Waals surface area contributed by atoms with E-state index in [4.69, 9.17) is 9.84 Å². The highest BCUT2D eigenvalue weighted by molar-refractivity contribution is 4.82. The molecule has 0 spiro atoms. The van der Waals surface area contributed by atoms with Crippen LogP contribution in [0.5, 0.6) is 0 Å². The van der Waals surface area contributed by atoms with Crippen molar-refractivity contribution in [1.29, 1.82) is 0 Å². The summed E-state index contributed by atoms with van der Waals surface area (Å²) < 4.78 is 5.34. The summed E-state index contributed by atoms with van der Waals surface area (Å²) in [6.45, 7) is 9.45. The normalized spacial score (nSPS) is 11.1. The molecule has 0 rings (SSSR count). The Morgan fingerprint density at radius 2 is 2.17 bits per heavy atom. The van der Waals surface area contributed by atoms with E-state index >= 15 is 0 Å². The Bertz CT molecular complexity index is 134. The largest absolute Gasteiger partial charge is 0.512 e. The van der Waals surface area contributed by atoms with Crippen LogP contribution in [-0.2, 0) is 4.74 Å². The van der Waals surface area contributed by atoms with Crippen molar-refractivity contribution in [2.75, 3.05) is 26.7 Å². The van der Waals surface area contributed by atoms with Crippen molar-refractivity contribution >= 4 is 0 Å². The van der Waals surface area contributed by atoms with Gasteiger partial charge in [0.25, 0.3) is 0 Å². The standard InChI is InChI=1S/C9H19NO2/c1-8(2)12-6-5-10(4)7-9(3)11/h8,11H,3,5-7H2,1-2,4H3. The van der Waals surface area contributed by atoms with E-state index in [2.05, 4.69) is 6.58 Å². The van der Waals surface area contributed by atoms with E-state index in [0.717, 1.165) is 6.54 Å². The molecule has 1 N–H and O–H groups in total. The summed E-state index contributed by atoms with van der Waals surface area (Å²) in [5.74, 6) is 0.196. The first kappa shape index (κ1) is 11.5. The smallest absolute Gasteiger partial charge is 0.0991 e. The van der Waals surface area contributed by atoms with E-state index in [-0.39, 0.29) is 11.9 Å². The van der Waals surface area contributed by atoms with Gasteiger partial charge >= 0.3 is 0 Å². The summed E-state index contributed by atoms with van der Waals surface area (Å²) in [7, 11) is 1.92. The molecule has 0 aliphatic carbocycles. The van der Waals surface area contributed by atoms with Crippen LogP contribution in [0.15, 0.2) is 12.3 Å². The van der Waals surface area contributed by atoms with Crippen LogP contribution in [0.1, 0.15) is 13.8 Å². The minimum atomic E-state index is 0.196. The zero-order valence-electron chi connectivity index (χ0n) is 8.21. The SMILES string of the molecule is C=C(O)CN(C)CCOC(C)C. The molecule has 12 heavy (non-hydrogen) atoms. The third-order valence-electron chi connectivity index (χ3n) is 1.38. The molecule has 0 saturated carbocycles. The van der Waals surface area contributed by atoms with E-state index in [0.29, 0.717) is 13.2 Å². The van der Waals surface area contributed by atoms with Crippen molar-refractivity contribution in [2.45, 2.75) is 20.0 Å².